The van der Waals surface area contributed by atoms with E-state index in [1.807, 2.05) is 0 Å². The van der Waals surface area contributed by atoms with E-state index in [0.29, 0.717) is 25.0 Å². The van der Waals surface area contributed by atoms with E-state index in [2.05, 4.69) is 64.0 Å². The van der Waals surface area contributed by atoms with Gasteiger partial charge in [-0.15, -0.1) is 0 Å². The lowest BCUT2D eigenvalue weighted by atomic mass is 10.2. The summed E-state index contributed by atoms with van der Waals surface area (Å²) in [6, 6.07) is 9.57. The van der Waals surface area contributed by atoms with Gasteiger partial charge in [0.05, 0.1) is 0 Å². The number of nitrogens with zero attached hydrogens (tertiary/aromatic N) is 2. The van der Waals surface area contributed by atoms with Gasteiger partial charge in [-0.3, -0.25) is 9.79 Å². The van der Waals surface area contributed by atoms with E-state index in [4.69, 9.17) is 0 Å². The lowest BCUT2D eigenvalue weighted by Crippen LogP contribution is -2.44. The topological polar surface area (TPSA) is 68.8 Å². The largest absolute Gasteiger partial charge is 0.369 e. The fourth-order valence-electron chi connectivity index (χ4n) is 3.34. The second-order valence-corrected chi connectivity index (χ2v) is 7.62. The summed E-state index contributed by atoms with van der Waals surface area (Å²) in [5, 5.41) is 9.90. The molecule has 1 aliphatic carbocycles. The zero-order valence-corrected chi connectivity index (χ0v) is 16.6. The first-order valence-corrected chi connectivity index (χ1v) is 10.3. The number of benzene rings is 1. The van der Waals surface area contributed by atoms with Crippen LogP contribution in [0.4, 0.5) is 5.69 Å². The summed E-state index contributed by atoms with van der Waals surface area (Å²) in [5.41, 5.74) is 2.58. The summed E-state index contributed by atoms with van der Waals surface area (Å²) in [7, 11) is 0. The highest BCUT2D eigenvalue weighted by atomic mass is 16.1. The van der Waals surface area contributed by atoms with Crippen LogP contribution in [0.2, 0.25) is 0 Å². The Balaban J connectivity index is 1.42. The van der Waals surface area contributed by atoms with Gasteiger partial charge in [-0.05, 0) is 51.7 Å². The molecule has 1 heterocycles. The van der Waals surface area contributed by atoms with Crippen molar-refractivity contribution in [2.24, 2.45) is 4.99 Å². The van der Waals surface area contributed by atoms with Gasteiger partial charge >= 0.3 is 0 Å². The molecule has 27 heavy (non-hydrogen) atoms. The Labute approximate surface area is 162 Å². The quantitative estimate of drug-likeness (QED) is 0.372. The molecule has 0 radical (unpaired) electrons. The SMILES string of the molecule is CCNC(=NCCCC(=O)NC1CC1)NC1CCN(c2ccc(C)cc2)C1. The van der Waals surface area contributed by atoms with Gasteiger partial charge in [0.15, 0.2) is 5.96 Å². The molecule has 1 aliphatic heterocycles. The Bertz CT molecular complexity index is 638. The Morgan fingerprint density at radius 3 is 2.63 bits per heavy atom. The minimum Gasteiger partial charge on any atom is -0.369 e. The first-order valence-electron chi connectivity index (χ1n) is 10.3. The maximum absolute atomic E-state index is 11.7. The van der Waals surface area contributed by atoms with Crippen LogP contribution >= 0.6 is 0 Å². The summed E-state index contributed by atoms with van der Waals surface area (Å²) in [5.74, 6) is 1.02. The Morgan fingerprint density at radius 2 is 1.93 bits per heavy atom. The van der Waals surface area contributed by atoms with Crippen molar-refractivity contribution in [2.45, 2.75) is 58.0 Å². The van der Waals surface area contributed by atoms with Crippen LogP contribution < -0.4 is 20.9 Å². The molecule has 1 atom stereocenters. The van der Waals surface area contributed by atoms with Gasteiger partial charge in [-0.2, -0.15) is 0 Å². The van der Waals surface area contributed by atoms with E-state index in [-0.39, 0.29) is 5.91 Å². The van der Waals surface area contributed by atoms with Crippen LogP contribution in [-0.2, 0) is 4.79 Å². The third-order valence-corrected chi connectivity index (χ3v) is 5.05. The highest BCUT2D eigenvalue weighted by Crippen LogP contribution is 2.21. The van der Waals surface area contributed by atoms with Crippen LogP contribution in [0.15, 0.2) is 29.3 Å². The number of amides is 1. The van der Waals surface area contributed by atoms with E-state index in [1.54, 1.807) is 0 Å². The molecule has 2 fully saturated rings. The van der Waals surface area contributed by atoms with Crippen LogP contribution in [0.5, 0.6) is 0 Å². The summed E-state index contributed by atoms with van der Waals surface area (Å²) in [4.78, 5) is 18.8. The lowest BCUT2D eigenvalue weighted by Gasteiger charge is -2.20. The summed E-state index contributed by atoms with van der Waals surface area (Å²) >= 11 is 0. The fourth-order valence-corrected chi connectivity index (χ4v) is 3.34. The van der Waals surface area contributed by atoms with Crippen molar-refractivity contribution in [1.82, 2.24) is 16.0 Å². The summed E-state index contributed by atoms with van der Waals surface area (Å²) < 4.78 is 0. The molecule has 3 rings (SSSR count). The summed E-state index contributed by atoms with van der Waals surface area (Å²) in [6.07, 6.45) is 4.72. The maximum Gasteiger partial charge on any atom is 0.220 e. The van der Waals surface area contributed by atoms with Crippen molar-refractivity contribution in [3.05, 3.63) is 29.8 Å². The second-order valence-electron chi connectivity index (χ2n) is 7.62. The highest BCUT2D eigenvalue weighted by molar-refractivity contribution is 5.80. The van der Waals surface area contributed by atoms with Gasteiger partial charge in [0.2, 0.25) is 5.91 Å². The zero-order chi connectivity index (χ0) is 19.1. The third kappa shape index (κ3) is 6.45. The van der Waals surface area contributed by atoms with E-state index < -0.39 is 0 Å². The van der Waals surface area contributed by atoms with Gasteiger partial charge in [-0.1, -0.05) is 17.7 Å². The maximum atomic E-state index is 11.7. The molecule has 1 saturated heterocycles. The molecule has 0 spiro atoms. The van der Waals surface area contributed by atoms with Gasteiger partial charge in [0, 0.05) is 50.4 Å². The van der Waals surface area contributed by atoms with Crippen LogP contribution in [0.1, 0.15) is 44.6 Å². The Hall–Kier alpha value is -2.24. The number of aryl methyl sites for hydroxylation is 1. The Morgan fingerprint density at radius 1 is 1.15 bits per heavy atom. The van der Waals surface area contributed by atoms with E-state index in [9.17, 15) is 4.79 Å². The number of nitrogens with one attached hydrogen (secondary N) is 3. The van der Waals surface area contributed by atoms with Crippen molar-refractivity contribution in [3.63, 3.8) is 0 Å². The number of guanidine groups is 1. The smallest absolute Gasteiger partial charge is 0.220 e. The average Bonchev–Trinajstić information content (AvgIpc) is 3.34. The van der Waals surface area contributed by atoms with Crippen molar-refractivity contribution < 1.29 is 4.79 Å². The van der Waals surface area contributed by atoms with E-state index >= 15 is 0 Å². The molecule has 3 N–H and O–H groups in total. The van der Waals surface area contributed by atoms with Gasteiger partial charge < -0.3 is 20.9 Å². The van der Waals surface area contributed by atoms with Crippen molar-refractivity contribution in [1.29, 1.82) is 0 Å². The molecule has 2 aliphatic rings. The zero-order valence-electron chi connectivity index (χ0n) is 16.6. The molecule has 6 nitrogen and oxygen atoms in total. The molecular weight excluding hydrogens is 338 g/mol. The summed E-state index contributed by atoms with van der Waals surface area (Å²) in [6.45, 7) is 7.74. The normalized spacial score (nSPS) is 19.9. The van der Waals surface area contributed by atoms with Gasteiger partial charge in [-0.25, -0.2) is 0 Å². The highest BCUT2D eigenvalue weighted by Gasteiger charge is 2.24. The molecule has 0 aromatic heterocycles. The molecular formula is C21H33N5O. The first kappa shape index (κ1) is 19.5. The van der Waals surface area contributed by atoms with Crippen LogP contribution in [0, 0.1) is 6.92 Å². The van der Waals surface area contributed by atoms with Crippen molar-refractivity contribution in [3.8, 4) is 0 Å². The van der Waals surface area contributed by atoms with Gasteiger partial charge in [0.1, 0.15) is 0 Å². The molecule has 1 aromatic carbocycles. The molecule has 1 amide bonds. The van der Waals surface area contributed by atoms with E-state index in [0.717, 1.165) is 51.3 Å². The monoisotopic (exact) mass is 371 g/mol. The molecule has 1 saturated carbocycles. The number of carbonyl (C=O) groups is 1. The van der Waals surface area contributed by atoms with Crippen LogP contribution in [0.25, 0.3) is 0 Å². The molecule has 1 aromatic rings. The molecule has 1 unspecified atom stereocenters. The lowest BCUT2D eigenvalue weighted by molar-refractivity contribution is -0.121. The molecule has 6 heteroatoms. The second kappa shape index (κ2) is 9.62. The van der Waals surface area contributed by atoms with Crippen LogP contribution in [0.3, 0.4) is 0 Å². The number of aliphatic imine (C=N–C) groups is 1. The Kier molecular flexibility index (Phi) is 6.96. The number of anilines is 1. The number of hydrogen-bond donors (Lipinski definition) is 3. The van der Waals surface area contributed by atoms with E-state index in [1.165, 1.54) is 11.3 Å². The van der Waals surface area contributed by atoms with Crippen LogP contribution in [-0.4, -0.2) is 50.1 Å². The van der Waals surface area contributed by atoms with Crippen molar-refractivity contribution in [2.75, 3.05) is 31.1 Å². The minimum absolute atomic E-state index is 0.162. The number of carbonyl (C=O) groups excluding carboxylic acids is 1. The molecule has 0 bridgehead atoms. The minimum atomic E-state index is 0.162. The average molecular weight is 372 g/mol. The third-order valence-electron chi connectivity index (χ3n) is 5.05. The molecule has 148 valence electrons. The predicted molar refractivity (Wildman–Crippen MR) is 111 cm³/mol. The standard InChI is InChI=1S/C21H33N5O/c1-3-22-21(23-13-4-5-20(27)24-17-8-9-17)25-18-12-14-26(15-18)19-10-6-16(2)7-11-19/h6-7,10-11,17-18H,3-5,8-9,12-15H2,1-2H3,(H,24,27)(H2,22,23,25). The van der Waals surface area contributed by atoms with Crippen molar-refractivity contribution >= 4 is 17.6 Å². The fraction of sp³-hybridized carbons (Fsp3) is 0.619. The number of hydrogen-bond acceptors (Lipinski definition) is 3. The predicted octanol–water partition coefficient (Wildman–Crippen LogP) is 2.19. The van der Waals surface area contributed by atoms with Gasteiger partial charge in [0.25, 0.3) is 0 Å². The first-order chi connectivity index (χ1) is 13.1. The number of rotatable bonds is 8.